The fourth-order valence-corrected chi connectivity index (χ4v) is 5.34. The minimum Gasteiger partial charge on any atom is -0.497 e. The number of aromatic nitrogens is 4. The zero-order chi connectivity index (χ0) is 26.6. The molecule has 0 aliphatic carbocycles. The van der Waals surface area contributed by atoms with Crippen LogP contribution < -0.4 is 9.47 Å². The maximum Gasteiger partial charge on any atom is 0.196 e. The molecule has 7 nitrogen and oxygen atoms in total. The van der Waals surface area contributed by atoms with Crippen LogP contribution in [0, 0.1) is 13.8 Å². The Hall–Kier alpha value is -4.30. The lowest BCUT2D eigenvalue weighted by Crippen LogP contribution is -2.07. The highest BCUT2D eigenvalue weighted by Gasteiger charge is 2.21. The molecule has 5 aromatic rings. The highest BCUT2D eigenvalue weighted by Crippen LogP contribution is 2.31. The van der Waals surface area contributed by atoms with Gasteiger partial charge >= 0.3 is 0 Å². The summed E-state index contributed by atoms with van der Waals surface area (Å²) < 4.78 is 14.8. The van der Waals surface area contributed by atoms with Crippen LogP contribution in [0.4, 0.5) is 0 Å². The van der Waals surface area contributed by atoms with E-state index in [1.807, 2.05) is 103 Å². The molecule has 0 N–H and O–H groups in total. The Bertz CT molecular complexity index is 1570. The standard InChI is InChI=1S/C30H28N4O3S/c1-20-17-27(21(2)33(20)24-13-15-25(36-3)16-14-24)28(35)19-38-30-32-31-29(22-9-8-12-26(18-22)37-4)34(30)23-10-6-5-7-11-23/h5-18H,19H2,1-4H3. The molecule has 8 heteroatoms. The van der Waals surface area contributed by atoms with Crippen molar-refractivity contribution >= 4 is 17.5 Å². The summed E-state index contributed by atoms with van der Waals surface area (Å²) in [6.45, 7) is 3.98. The molecule has 0 aliphatic heterocycles. The molecule has 0 unspecified atom stereocenters. The number of methoxy groups -OCH3 is 2. The number of hydrogen-bond acceptors (Lipinski definition) is 6. The van der Waals surface area contributed by atoms with Crippen molar-refractivity contribution in [1.29, 1.82) is 0 Å². The Labute approximate surface area is 226 Å². The summed E-state index contributed by atoms with van der Waals surface area (Å²) in [4.78, 5) is 13.4. The maximum absolute atomic E-state index is 13.4. The molecule has 0 aliphatic rings. The first-order valence-electron chi connectivity index (χ1n) is 12.1. The Morgan fingerprint density at radius 2 is 1.50 bits per heavy atom. The molecule has 0 spiro atoms. The fourth-order valence-electron chi connectivity index (χ4n) is 4.50. The normalized spacial score (nSPS) is 10.9. The third-order valence-corrected chi connectivity index (χ3v) is 7.30. The van der Waals surface area contributed by atoms with Crippen molar-refractivity contribution < 1.29 is 14.3 Å². The van der Waals surface area contributed by atoms with Gasteiger partial charge < -0.3 is 14.0 Å². The maximum atomic E-state index is 13.4. The van der Waals surface area contributed by atoms with Gasteiger partial charge in [0.05, 0.1) is 20.0 Å². The highest BCUT2D eigenvalue weighted by atomic mass is 32.2. The van der Waals surface area contributed by atoms with E-state index in [9.17, 15) is 4.79 Å². The van der Waals surface area contributed by atoms with Gasteiger partial charge in [0.15, 0.2) is 16.8 Å². The van der Waals surface area contributed by atoms with Gasteiger partial charge in [-0.1, -0.05) is 42.1 Å². The van der Waals surface area contributed by atoms with Crippen molar-refractivity contribution in [3.05, 3.63) is 102 Å². The second-order valence-electron chi connectivity index (χ2n) is 8.74. The first-order chi connectivity index (χ1) is 18.5. The van der Waals surface area contributed by atoms with E-state index in [2.05, 4.69) is 14.8 Å². The number of rotatable bonds is 9. The number of Topliss-reactive ketones (excluding diaryl/α,β-unsaturated/α-hetero) is 1. The summed E-state index contributed by atoms with van der Waals surface area (Å²) in [5.41, 5.74) is 5.38. The molecule has 2 aromatic heterocycles. The van der Waals surface area contributed by atoms with Crippen molar-refractivity contribution in [1.82, 2.24) is 19.3 Å². The summed E-state index contributed by atoms with van der Waals surface area (Å²) in [5, 5.41) is 9.60. The van der Waals surface area contributed by atoms with Crippen molar-refractivity contribution in [2.45, 2.75) is 19.0 Å². The van der Waals surface area contributed by atoms with Crippen LogP contribution in [-0.4, -0.2) is 45.1 Å². The van der Waals surface area contributed by atoms with E-state index in [1.54, 1.807) is 14.2 Å². The molecular formula is C30H28N4O3S. The Morgan fingerprint density at radius 1 is 0.789 bits per heavy atom. The van der Waals surface area contributed by atoms with E-state index in [4.69, 9.17) is 9.47 Å². The molecule has 192 valence electrons. The van der Waals surface area contributed by atoms with Gasteiger partial charge in [-0.3, -0.25) is 9.36 Å². The lowest BCUT2D eigenvalue weighted by atomic mass is 10.2. The van der Waals surface area contributed by atoms with Crippen LogP contribution in [0.1, 0.15) is 21.7 Å². The average molecular weight is 525 g/mol. The first kappa shape index (κ1) is 25.4. The van der Waals surface area contributed by atoms with Gasteiger partial charge in [0.2, 0.25) is 0 Å². The van der Waals surface area contributed by atoms with Gasteiger partial charge in [-0.15, -0.1) is 10.2 Å². The van der Waals surface area contributed by atoms with Crippen molar-refractivity contribution in [2.24, 2.45) is 0 Å². The minimum atomic E-state index is 0.0356. The Morgan fingerprint density at radius 3 is 2.21 bits per heavy atom. The minimum absolute atomic E-state index is 0.0356. The SMILES string of the molecule is COc1ccc(-n2c(C)cc(C(=O)CSc3nnc(-c4cccc(OC)c4)n3-c3ccccc3)c2C)cc1. The van der Waals surface area contributed by atoms with Crippen molar-refractivity contribution in [3.8, 4) is 34.3 Å². The van der Waals surface area contributed by atoms with Crippen LogP contribution in [-0.2, 0) is 0 Å². The summed E-state index contributed by atoms with van der Waals surface area (Å²) in [6.07, 6.45) is 0. The number of carbonyl (C=O) groups excluding carboxylic acids is 1. The fraction of sp³-hybridized carbons (Fsp3) is 0.167. The summed E-state index contributed by atoms with van der Waals surface area (Å²) in [7, 11) is 3.29. The van der Waals surface area contributed by atoms with Gasteiger partial charge in [0, 0.05) is 33.9 Å². The van der Waals surface area contributed by atoms with Gasteiger partial charge in [0.25, 0.3) is 0 Å². The number of aryl methyl sites for hydroxylation is 1. The predicted octanol–water partition coefficient (Wildman–Crippen LogP) is 6.33. The number of benzene rings is 3. The summed E-state index contributed by atoms with van der Waals surface area (Å²) in [6, 6.07) is 27.4. The van der Waals surface area contributed by atoms with E-state index in [0.717, 1.165) is 39.8 Å². The van der Waals surface area contributed by atoms with Gasteiger partial charge in [-0.05, 0) is 68.4 Å². The van der Waals surface area contributed by atoms with Gasteiger partial charge in [-0.25, -0.2) is 0 Å². The average Bonchev–Trinajstić information content (AvgIpc) is 3.52. The molecule has 0 saturated carbocycles. The molecule has 0 amide bonds. The predicted molar refractivity (Wildman–Crippen MR) is 150 cm³/mol. The molecule has 0 radical (unpaired) electrons. The topological polar surface area (TPSA) is 71.2 Å². The number of nitrogens with zero attached hydrogens (tertiary/aromatic N) is 4. The number of ketones is 1. The third-order valence-electron chi connectivity index (χ3n) is 6.37. The number of carbonyl (C=O) groups is 1. The summed E-state index contributed by atoms with van der Waals surface area (Å²) >= 11 is 1.38. The Kier molecular flexibility index (Phi) is 7.33. The number of hydrogen-bond donors (Lipinski definition) is 0. The second kappa shape index (κ2) is 11.0. The molecule has 0 atom stereocenters. The molecule has 0 bridgehead atoms. The van der Waals surface area contributed by atoms with E-state index in [-0.39, 0.29) is 11.5 Å². The smallest absolute Gasteiger partial charge is 0.196 e. The lowest BCUT2D eigenvalue weighted by molar-refractivity contribution is 0.102. The first-order valence-corrected chi connectivity index (χ1v) is 13.1. The summed E-state index contributed by atoms with van der Waals surface area (Å²) in [5.74, 6) is 2.48. The lowest BCUT2D eigenvalue weighted by Gasteiger charge is -2.11. The highest BCUT2D eigenvalue weighted by molar-refractivity contribution is 7.99. The van der Waals surface area contributed by atoms with E-state index in [1.165, 1.54) is 11.8 Å². The zero-order valence-corrected chi connectivity index (χ0v) is 22.5. The van der Waals surface area contributed by atoms with Crippen molar-refractivity contribution in [2.75, 3.05) is 20.0 Å². The van der Waals surface area contributed by atoms with Crippen molar-refractivity contribution in [3.63, 3.8) is 0 Å². The molecule has 38 heavy (non-hydrogen) atoms. The molecule has 2 heterocycles. The van der Waals surface area contributed by atoms with E-state index in [0.29, 0.717) is 16.5 Å². The quantitative estimate of drug-likeness (QED) is 0.166. The molecule has 5 rings (SSSR count). The van der Waals surface area contributed by atoms with Crippen LogP contribution in [0.3, 0.4) is 0 Å². The number of para-hydroxylation sites is 1. The second-order valence-corrected chi connectivity index (χ2v) is 9.68. The largest absolute Gasteiger partial charge is 0.497 e. The van der Waals surface area contributed by atoms with Crippen LogP contribution in [0.5, 0.6) is 11.5 Å². The van der Waals surface area contributed by atoms with Crippen LogP contribution >= 0.6 is 11.8 Å². The third kappa shape index (κ3) is 4.95. The van der Waals surface area contributed by atoms with Gasteiger partial charge in [0.1, 0.15) is 11.5 Å². The van der Waals surface area contributed by atoms with E-state index >= 15 is 0 Å². The monoisotopic (exact) mass is 524 g/mol. The van der Waals surface area contributed by atoms with Crippen LogP contribution in [0.2, 0.25) is 0 Å². The molecular weight excluding hydrogens is 496 g/mol. The number of thioether (sulfide) groups is 1. The van der Waals surface area contributed by atoms with E-state index < -0.39 is 0 Å². The Balaban J connectivity index is 1.43. The van der Waals surface area contributed by atoms with Gasteiger partial charge in [-0.2, -0.15) is 0 Å². The molecule has 3 aromatic carbocycles. The molecule has 0 saturated heterocycles. The van der Waals surface area contributed by atoms with Crippen LogP contribution in [0.25, 0.3) is 22.8 Å². The zero-order valence-electron chi connectivity index (χ0n) is 21.7. The van der Waals surface area contributed by atoms with Crippen LogP contribution in [0.15, 0.2) is 90.1 Å². The molecule has 0 fully saturated rings. The number of ether oxygens (including phenoxy) is 2.